The number of sulfonamides is 1. The fraction of sp³-hybridized carbons (Fsp3) is 0.529. The first-order valence-corrected chi connectivity index (χ1v) is 9.05. The molecule has 0 bridgehead atoms. The summed E-state index contributed by atoms with van der Waals surface area (Å²) in [4.78, 5) is 2.39. The fourth-order valence-electron chi connectivity index (χ4n) is 2.01. The molecule has 1 N–H and O–H groups in total. The summed E-state index contributed by atoms with van der Waals surface area (Å²) < 4.78 is 27.1. The number of nitrogens with one attached hydrogen (secondary N) is 1. The second-order valence-electron chi connectivity index (χ2n) is 6.55. The third-order valence-electron chi connectivity index (χ3n) is 3.53. The van der Waals surface area contributed by atoms with Gasteiger partial charge in [-0.3, -0.25) is 0 Å². The number of benzene rings is 1. The molecule has 0 saturated heterocycles. The fourth-order valence-corrected chi connectivity index (χ4v) is 3.03. The molecule has 0 atom stereocenters. The standard InChI is InChI=1S/C17H28N2O2S/c1-6-7-13-19(5)14-12-18-22(20,21)16-10-8-15(9-11-16)17(2,3)4/h6,8-11,18H,1,7,12-14H2,2-5H3. The van der Waals surface area contributed by atoms with Crippen LogP contribution >= 0.6 is 0 Å². The predicted octanol–water partition coefficient (Wildman–Crippen LogP) is 2.77. The van der Waals surface area contributed by atoms with Crippen LogP contribution in [0.5, 0.6) is 0 Å². The lowest BCUT2D eigenvalue weighted by Crippen LogP contribution is -2.33. The summed E-state index contributed by atoms with van der Waals surface area (Å²) in [5.41, 5.74) is 1.14. The monoisotopic (exact) mass is 324 g/mol. The summed E-state index contributed by atoms with van der Waals surface area (Å²) >= 11 is 0. The van der Waals surface area contributed by atoms with Crippen molar-refractivity contribution in [2.24, 2.45) is 0 Å². The van der Waals surface area contributed by atoms with Gasteiger partial charge in [0.1, 0.15) is 0 Å². The highest BCUT2D eigenvalue weighted by Gasteiger charge is 2.17. The Morgan fingerprint density at radius 2 is 1.77 bits per heavy atom. The summed E-state index contributed by atoms with van der Waals surface area (Å²) in [6, 6.07) is 7.10. The molecule has 0 spiro atoms. The zero-order valence-electron chi connectivity index (χ0n) is 14.1. The van der Waals surface area contributed by atoms with Crippen LogP contribution < -0.4 is 4.72 Å². The zero-order valence-corrected chi connectivity index (χ0v) is 14.9. The van der Waals surface area contributed by atoms with Crippen LogP contribution in [0.4, 0.5) is 0 Å². The summed E-state index contributed by atoms with van der Waals surface area (Å²) in [5, 5.41) is 0. The maximum atomic E-state index is 12.2. The molecule has 5 heteroatoms. The van der Waals surface area contributed by atoms with Gasteiger partial charge in [0.2, 0.25) is 10.0 Å². The van der Waals surface area contributed by atoms with Crippen LogP contribution in [0.3, 0.4) is 0 Å². The lowest BCUT2D eigenvalue weighted by atomic mass is 9.87. The van der Waals surface area contributed by atoms with Crippen molar-refractivity contribution in [3.63, 3.8) is 0 Å². The highest BCUT2D eigenvalue weighted by molar-refractivity contribution is 7.89. The highest BCUT2D eigenvalue weighted by Crippen LogP contribution is 2.23. The van der Waals surface area contributed by atoms with Gasteiger partial charge in [-0.1, -0.05) is 39.0 Å². The molecule has 4 nitrogen and oxygen atoms in total. The molecular weight excluding hydrogens is 296 g/mol. The average molecular weight is 324 g/mol. The minimum atomic E-state index is -3.44. The van der Waals surface area contributed by atoms with Crippen molar-refractivity contribution < 1.29 is 8.42 Å². The van der Waals surface area contributed by atoms with Gasteiger partial charge in [0.05, 0.1) is 4.90 Å². The molecule has 0 aliphatic heterocycles. The quantitative estimate of drug-likeness (QED) is 0.748. The highest BCUT2D eigenvalue weighted by atomic mass is 32.2. The Labute approximate surface area is 135 Å². The van der Waals surface area contributed by atoms with Crippen LogP contribution in [0.2, 0.25) is 0 Å². The van der Waals surface area contributed by atoms with Gasteiger partial charge in [-0.05, 0) is 36.6 Å². The Kier molecular flexibility index (Phi) is 6.78. The maximum Gasteiger partial charge on any atom is 0.240 e. The van der Waals surface area contributed by atoms with Crippen LogP contribution in [-0.2, 0) is 15.4 Å². The number of hydrogen-bond acceptors (Lipinski definition) is 3. The van der Waals surface area contributed by atoms with Gasteiger partial charge in [0, 0.05) is 19.6 Å². The van der Waals surface area contributed by atoms with Gasteiger partial charge in [0.15, 0.2) is 0 Å². The van der Waals surface area contributed by atoms with E-state index in [0.717, 1.165) is 18.5 Å². The number of hydrogen-bond donors (Lipinski definition) is 1. The third kappa shape index (κ3) is 5.91. The second kappa shape index (κ2) is 7.90. The molecule has 22 heavy (non-hydrogen) atoms. The van der Waals surface area contributed by atoms with Gasteiger partial charge in [-0.15, -0.1) is 6.58 Å². The lowest BCUT2D eigenvalue weighted by molar-refractivity contribution is 0.346. The molecule has 0 fully saturated rings. The first-order chi connectivity index (χ1) is 10.2. The summed E-state index contributed by atoms with van der Waals surface area (Å²) in [7, 11) is -1.47. The van der Waals surface area contributed by atoms with Gasteiger partial charge in [0.25, 0.3) is 0 Å². The Hall–Kier alpha value is -1.17. The molecule has 0 saturated carbocycles. The van der Waals surface area contributed by atoms with Gasteiger partial charge in [-0.25, -0.2) is 13.1 Å². The van der Waals surface area contributed by atoms with E-state index in [9.17, 15) is 8.42 Å². The van der Waals surface area contributed by atoms with E-state index in [2.05, 4.69) is 37.0 Å². The van der Waals surface area contributed by atoms with Gasteiger partial charge >= 0.3 is 0 Å². The molecule has 0 aliphatic rings. The van der Waals surface area contributed by atoms with E-state index in [1.165, 1.54) is 0 Å². The molecule has 1 aromatic rings. The van der Waals surface area contributed by atoms with E-state index in [0.29, 0.717) is 18.0 Å². The molecule has 0 heterocycles. The minimum absolute atomic E-state index is 0.0174. The second-order valence-corrected chi connectivity index (χ2v) is 8.32. The predicted molar refractivity (Wildman–Crippen MR) is 92.6 cm³/mol. The van der Waals surface area contributed by atoms with Gasteiger partial charge in [-0.2, -0.15) is 0 Å². The van der Waals surface area contributed by atoms with Gasteiger partial charge < -0.3 is 4.90 Å². The molecule has 1 rings (SSSR count). The van der Waals surface area contributed by atoms with Crippen molar-refractivity contribution in [2.45, 2.75) is 37.5 Å². The summed E-state index contributed by atoms with van der Waals surface area (Å²) in [6.07, 6.45) is 2.76. The van der Waals surface area contributed by atoms with Crippen LogP contribution in [0.15, 0.2) is 41.8 Å². The van der Waals surface area contributed by atoms with Crippen molar-refractivity contribution in [1.29, 1.82) is 0 Å². The topological polar surface area (TPSA) is 49.4 Å². The first kappa shape index (κ1) is 18.9. The molecule has 0 aliphatic carbocycles. The van der Waals surface area contributed by atoms with E-state index >= 15 is 0 Å². The largest absolute Gasteiger partial charge is 0.305 e. The lowest BCUT2D eigenvalue weighted by Gasteiger charge is -2.19. The average Bonchev–Trinajstić information content (AvgIpc) is 2.44. The number of nitrogens with zero attached hydrogens (tertiary/aromatic N) is 1. The molecule has 0 radical (unpaired) electrons. The molecular formula is C17H28N2O2S. The third-order valence-corrected chi connectivity index (χ3v) is 5.01. The molecule has 0 unspecified atom stereocenters. The van der Waals surface area contributed by atoms with Crippen molar-refractivity contribution in [3.8, 4) is 0 Å². The molecule has 0 amide bonds. The number of likely N-dealkylation sites (N-methyl/N-ethyl adjacent to an activating group) is 1. The Morgan fingerprint density at radius 1 is 1.18 bits per heavy atom. The van der Waals surface area contributed by atoms with E-state index in [-0.39, 0.29) is 5.41 Å². The van der Waals surface area contributed by atoms with Crippen molar-refractivity contribution in [3.05, 3.63) is 42.5 Å². The maximum absolute atomic E-state index is 12.2. The van der Waals surface area contributed by atoms with E-state index < -0.39 is 10.0 Å². The Morgan fingerprint density at radius 3 is 2.27 bits per heavy atom. The Balaban J connectivity index is 2.61. The smallest absolute Gasteiger partial charge is 0.240 e. The van der Waals surface area contributed by atoms with Crippen LogP contribution in [0, 0.1) is 0 Å². The van der Waals surface area contributed by atoms with E-state index in [1.807, 2.05) is 25.3 Å². The van der Waals surface area contributed by atoms with Crippen LogP contribution in [0.1, 0.15) is 32.8 Å². The SMILES string of the molecule is C=CCCN(C)CCNS(=O)(=O)c1ccc(C(C)(C)C)cc1. The molecule has 1 aromatic carbocycles. The minimum Gasteiger partial charge on any atom is -0.305 e. The Bertz CT molecular complexity index is 572. The van der Waals surface area contributed by atoms with E-state index in [1.54, 1.807) is 12.1 Å². The molecule has 124 valence electrons. The molecule has 0 aromatic heterocycles. The van der Waals surface area contributed by atoms with Crippen molar-refractivity contribution in [2.75, 3.05) is 26.7 Å². The first-order valence-electron chi connectivity index (χ1n) is 7.56. The summed E-state index contributed by atoms with van der Waals surface area (Å²) in [6.45, 7) is 11.9. The van der Waals surface area contributed by atoms with Crippen LogP contribution in [0.25, 0.3) is 0 Å². The van der Waals surface area contributed by atoms with E-state index in [4.69, 9.17) is 0 Å². The normalized spacial score (nSPS) is 12.6. The summed E-state index contributed by atoms with van der Waals surface area (Å²) in [5.74, 6) is 0. The zero-order chi connectivity index (χ0) is 16.8. The number of rotatable bonds is 8. The van der Waals surface area contributed by atoms with Crippen molar-refractivity contribution in [1.82, 2.24) is 9.62 Å². The van der Waals surface area contributed by atoms with Crippen molar-refractivity contribution >= 4 is 10.0 Å². The van der Waals surface area contributed by atoms with Crippen LogP contribution in [-0.4, -0.2) is 40.0 Å².